The molecule has 0 aliphatic rings. The third kappa shape index (κ3) is 2.83. The number of methoxy groups -OCH3 is 1. The summed E-state index contributed by atoms with van der Waals surface area (Å²) in [6, 6.07) is 7.00. The van der Waals surface area contributed by atoms with E-state index in [1.165, 1.54) is 11.3 Å². The van der Waals surface area contributed by atoms with E-state index in [-0.39, 0.29) is 5.91 Å². The normalized spacial score (nSPS) is 10.1. The van der Waals surface area contributed by atoms with Crippen molar-refractivity contribution in [2.75, 3.05) is 18.2 Å². The van der Waals surface area contributed by atoms with Crippen LogP contribution in [0.2, 0.25) is 0 Å². The van der Waals surface area contributed by atoms with Gasteiger partial charge in [-0.2, -0.15) is 0 Å². The summed E-state index contributed by atoms with van der Waals surface area (Å²) in [6.45, 7) is 0. The molecule has 1 heterocycles. The van der Waals surface area contributed by atoms with E-state index in [4.69, 9.17) is 10.5 Å². The Balaban J connectivity index is 2.16. The van der Waals surface area contributed by atoms with Crippen molar-refractivity contribution >= 4 is 44.5 Å². The number of nitrogens with two attached hydrogens (primary N) is 1. The minimum Gasteiger partial charge on any atom is -0.496 e. The van der Waals surface area contributed by atoms with E-state index in [2.05, 4.69) is 21.2 Å². The van der Waals surface area contributed by atoms with Gasteiger partial charge in [0.2, 0.25) is 0 Å². The Morgan fingerprint density at radius 1 is 1.44 bits per heavy atom. The van der Waals surface area contributed by atoms with E-state index >= 15 is 0 Å². The second-order valence-corrected chi connectivity index (χ2v) is 5.36. The average Bonchev–Trinajstić information content (AvgIpc) is 2.81. The fraction of sp³-hybridized carbons (Fsp3) is 0.0833. The number of carbonyl (C=O) groups excluding carboxylic acids is 1. The molecule has 0 aliphatic heterocycles. The molecule has 0 atom stereocenters. The molecular weight excluding hydrogens is 316 g/mol. The molecule has 2 aromatic rings. The van der Waals surface area contributed by atoms with Gasteiger partial charge < -0.3 is 15.8 Å². The van der Waals surface area contributed by atoms with E-state index < -0.39 is 0 Å². The summed E-state index contributed by atoms with van der Waals surface area (Å²) in [5.41, 5.74) is 6.92. The lowest BCUT2D eigenvalue weighted by molar-refractivity contribution is 0.103. The van der Waals surface area contributed by atoms with Gasteiger partial charge in [-0.25, -0.2) is 0 Å². The topological polar surface area (TPSA) is 64.3 Å². The lowest BCUT2D eigenvalue weighted by Crippen LogP contribution is -2.11. The summed E-state index contributed by atoms with van der Waals surface area (Å²) in [5.74, 6) is 0.478. The maximum Gasteiger partial charge on any atom is 0.265 e. The smallest absolute Gasteiger partial charge is 0.265 e. The molecule has 1 aromatic carbocycles. The van der Waals surface area contributed by atoms with Crippen LogP contribution in [0.25, 0.3) is 0 Å². The summed E-state index contributed by atoms with van der Waals surface area (Å²) < 4.78 is 5.91. The van der Waals surface area contributed by atoms with E-state index in [9.17, 15) is 4.79 Å². The van der Waals surface area contributed by atoms with Crippen LogP contribution in [0.3, 0.4) is 0 Å². The molecule has 0 saturated heterocycles. The van der Waals surface area contributed by atoms with E-state index in [0.717, 1.165) is 4.47 Å². The summed E-state index contributed by atoms with van der Waals surface area (Å²) in [5, 5.41) is 4.54. The van der Waals surface area contributed by atoms with Gasteiger partial charge in [0.1, 0.15) is 5.75 Å². The Morgan fingerprint density at radius 2 is 2.22 bits per heavy atom. The number of nitrogens with one attached hydrogen (secondary N) is 1. The number of hydrogen-bond acceptors (Lipinski definition) is 4. The molecule has 0 aliphatic carbocycles. The second kappa shape index (κ2) is 5.41. The fourth-order valence-electron chi connectivity index (χ4n) is 1.38. The van der Waals surface area contributed by atoms with Crippen LogP contribution >= 0.6 is 27.3 Å². The van der Waals surface area contributed by atoms with Crippen molar-refractivity contribution in [1.82, 2.24) is 0 Å². The number of amides is 1. The van der Waals surface area contributed by atoms with Gasteiger partial charge in [0.25, 0.3) is 5.91 Å². The van der Waals surface area contributed by atoms with Gasteiger partial charge in [-0.3, -0.25) is 4.79 Å². The van der Waals surface area contributed by atoms with Crippen molar-refractivity contribution in [3.8, 4) is 5.75 Å². The van der Waals surface area contributed by atoms with Gasteiger partial charge in [-0.15, -0.1) is 11.3 Å². The predicted octanol–water partition coefficient (Wildman–Crippen LogP) is 3.35. The highest BCUT2D eigenvalue weighted by molar-refractivity contribution is 9.10. The zero-order chi connectivity index (χ0) is 13.1. The first-order valence-electron chi connectivity index (χ1n) is 5.09. The van der Waals surface area contributed by atoms with Gasteiger partial charge in [0.05, 0.1) is 23.4 Å². The van der Waals surface area contributed by atoms with Crippen LogP contribution in [0.15, 0.2) is 34.1 Å². The molecule has 0 spiro atoms. The number of nitrogen functional groups attached to an aromatic ring is 1. The Labute approximate surface area is 117 Å². The predicted molar refractivity (Wildman–Crippen MR) is 77.4 cm³/mol. The maximum absolute atomic E-state index is 12.0. The summed E-state index contributed by atoms with van der Waals surface area (Å²) in [4.78, 5) is 12.5. The quantitative estimate of drug-likeness (QED) is 0.850. The zero-order valence-electron chi connectivity index (χ0n) is 9.57. The average molecular weight is 327 g/mol. The van der Waals surface area contributed by atoms with Crippen LogP contribution in [0, 0.1) is 0 Å². The van der Waals surface area contributed by atoms with Crippen LogP contribution in [0.1, 0.15) is 9.67 Å². The summed E-state index contributed by atoms with van der Waals surface area (Å²) >= 11 is 4.64. The number of benzene rings is 1. The highest BCUT2D eigenvalue weighted by Crippen LogP contribution is 2.26. The van der Waals surface area contributed by atoms with E-state index in [0.29, 0.717) is 22.0 Å². The number of thiophene rings is 1. The molecule has 0 unspecified atom stereocenters. The molecule has 6 heteroatoms. The van der Waals surface area contributed by atoms with Gasteiger partial charge in [0.15, 0.2) is 0 Å². The van der Waals surface area contributed by atoms with Crippen LogP contribution in [0.5, 0.6) is 5.75 Å². The minimum atomic E-state index is -0.197. The first-order chi connectivity index (χ1) is 8.60. The molecule has 0 fully saturated rings. The minimum absolute atomic E-state index is 0.197. The third-order valence-electron chi connectivity index (χ3n) is 2.30. The molecule has 94 valence electrons. The Kier molecular flexibility index (Phi) is 3.88. The second-order valence-electron chi connectivity index (χ2n) is 3.54. The van der Waals surface area contributed by atoms with Gasteiger partial charge in [-0.05, 0) is 18.2 Å². The van der Waals surface area contributed by atoms with Crippen molar-refractivity contribution in [3.63, 3.8) is 0 Å². The van der Waals surface area contributed by atoms with Crippen molar-refractivity contribution < 1.29 is 9.53 Å². The van der Waals surface area contributed by atoms with Crippen molar-refractivity contribution in [1.29, 1.82) is 0 Å². The highest BCUT2D eigenvalue weighted by atomic mass is 79.9. The monoisotopic (exact) mass is 326 g/mol. The van der Waals surface area contributed by atoms with Gasteiger partial charge >= 0.3 is 0 Å². The van der Waals surface area contributed by atoms with Crippen LogP contribution in [-0.4, -0.2) is 13.0 Å². The maximum atomic E-state index is 12.0. The van der Waals surface area contributed by atoms with E-state index in [1.54, 1.807) is 30.7 Å². The van der Waals surface area contributed by atoms with Crippen molar-refractivity contribution in [3.05, 3.63) is 39.0 Å². The standard InChI is InChI=1S/C12H11BrN2O2S/c1-17-8-5-11(18-6-8)12(16)15-10-3-2-7(13)4-9(10)14/h2-6H,14H2,1H3,(H,15,16). The van der Waals surface area contributed by atoms with Crippen molar-refractivity contribution in [2.45, 2.75) is 0 Å². The molecule has 2 rings (SSSR count). The molecule has 4 nitrogen and oxygen atoms in total. The summed E-state index contributed by atoms with van der Waals surface area (Å²) in [6.07, 6.45) is 0. The number of rotatable bonds is 3. The zero-order valence-corrected chi connectivity index (χ0v) is 12.0. The molecule has 1 aromatic heterocycles. The Bertz CT molecular complexity index is 583. The molecule has 3 N–H and O–H groups in total. The molecule has 1 amide bonds. The van der Waals surface area contributed by atoms with Crippen LogP contribution in [0.4, 0.5) is 11.4 Å². The number of hydrogen-bond donors (Lipinski definition) is 2. The molecular formula is C12H11BrN2O2S. The number of ether oxygens (including phenoxy) is 1. The van der Waals surface area contributed by atoms with Gasteiger partial charge in [-0.1, -0.05) is 15.9 Å². The molecule has 18 heavy (non-hydrogen) atoms. The first-order valence-corrected chi connectivity index (χ1v) is 6.76. The lowest BCUT2D eigenvalue weighted by atomic mass is 10.2. The molecule has 0 radical (unpaired) electrons. The third-order valence-corrected chi connectivity index (χ3v) is 3.70. The Hall–Kier alpha value is -1.53. The van der Waals surface area contributed by atoms with E-state index in [1.807, 2.05) is 6.07 Å². The molecule has 0 saturated carbocycles. The Morgan fingerprint density at radius 3 is 2.83 bits per heavy atom. The highest BCUT2D eigenvalue weighted by Gasteiger charge is 2.11. The number of carbonyl (C=O) groups is 1. The number of halogens is 1. The first kappa shape index (κ1) is 12.9. The lowest BCUT2D eigenvalue weighted by Gasteiger charge is -2.07. The number of anilines is 2. The van der Waals surface area contributed by atoms with Gasteiger partial charge in [0, 0.05) is 15.9 Å². The van der Waals surface area contributed by atoms with Crippen LogP contribution < -0.4 is 15.8 Å². The summed E-state index contributed by atoms with van der Waals surface area (Å²) in [7, 11) is 1.57. The largest absolute Gasteiger partial charge is 0.496 e. The molecule has 0 bridgehead atoms. The fourth-order valence-corrected chi connectivity index (χ4v) is 2.50. The van der Waals surface area contributed by atoms with Crippen molar-refractivity contribution in [2.24, 2.45) is 0 Å². The SMILES string of the molecule is COc1csc(C(=O)Nc2ccc(Br)cc2N)c1. The van der Waals surface area contributed by atoms with Crippen LogP contribution in [-0.2, 0) is 0 Å².